The van der Waals surface area contributed by atoms with Crippen LogP contribution in [0.2, 0.25) is 0 Å². The average molecular weight is 331 g/mol. The Morgan fingerprint density at radius 1 is 1.12 bits per heavy atom. The number of hydrogen-bond donors (Lipinski definition) is 0. The van der Waals surface area contributed by atoms with Crippen molar-refractivity contribution in [1.82, 2.24) is 0 Å². The van der Waals surface area contributed by atoms with Gasteiger partial charge in [-0.25, -0.2) is 8.78 Å². The molecule has 2 rings (SSSR count). The van der Waals surface area contributed by atoms with Crippen LogP contribution in [0.25, 0.3) is 0 Å². The summed E-state index contributed by atoms with van der Waals surface area (Å²) in [6, 6.07) is 5.87. The molecular formula is C20H23F2NO. The van der Waals surface area contributed by atoms with Crippen LogP contribution in [0.3, 0.4) is 0 Å². The summed E-state index contributed by atoms with van der Waals surface area (Å²) in [6.07, 6.45) is 14.0. The van der Waals surface area contributed by atoms with E-state index in [1.807, 2.05) is 12.1 Å². The first-order valence-corrected chi connectivity index (χ1v) is 8.46. The first kappa shape index (κ1) is 18.4. The molecule has 0 N–H and O–H groups in total. The van der Waals surface area contributed by atoms with Gasteiger partial charge in [0.25, 0.3) is 0 Å². The van der Waals surface area contributed by atoms with Crippen molar-refractivity contribution >= 4 is 0 Å². The molecule has 0 saturated heterocycles. The highest BCUT2D eigenvalue weighted by molar-refractivity contribution is 5.17. The molecule has 1 aliphatic rings. The number of allylic oxidation sites excluding steroid dienone is 4. The van der Waals surface area contributed by atoms with Crippen molar-refractivity contribution in [3.63, 3.8) is 0 Å². The van der Waals surface area contributed by atoms with E-state index in [0.29, 0.717) is 12.2 Å². The highest BCUT2D eigenvalue weighted by Gasteiger charge is 2.21. The molecule has 4 heteroatoms. The molecule has 1 aliphatic carbocycles. The van der Waals surface area contributed by atoms with Crippen LogP contribution in [0, 0.1) is 28.9 Å². The molecule has 2 nitrogen and oxygen atoms in total. The Kier molecular flexibility index (Phi) is 7.64. The summed E-state index contributed by atoms with van der Waals surface area (Å²) in [6.45, 7) is 0.334. The van der Waals surface area contributed by atoms with Crippen LogP contribution in [-0.2, 0) is 11.3 Å². The van der Waals surface area contributed by atoms with Crippen molar-refractivity contribution in [2.45, 2.75) is 51.2 Å². The maximum absolute atomic E-state index is 13.2. The molecule has 0 amide bonds. The SMILES string of the molecule is N#C/C=C/C=C/CC[C@H]1CC[C@H](OCc2ccc(F)c(F)c2)CC1. The van der Waals surface area contributed by atoms with Crippen molar-refractivity contribution in [2.24, 2.45) is 5.92 Å². The van der Waals surface area contributed by atoms with E-state index in [-0.39, 0.29) is 6.10 Å². The van der Waals surface area contributed by atoms with Gasteiger partial charge in [0.05, 0.1) is 18.8 Å². The molecule has 0 heterocycles. The van der Waals surface area contributed by atoms with E-state index in [1.165, 1.54) is 12.1 Å². The minimum atomic E-state index is -0.823. The predicted molar refractivity (Wildman–Crippen MR) is 90.0 cm³/mol. The van der Waals surface area contributed by atoms with Crippen LogP contribution < -0.4 is 0 Å². The molecule has 0 aliphatic heterocycles. The maximum atomic E-state index is 13.2. The van der Waals surface area contributed by atoms with Gasteiger partial charge in [-0.1, -0.05) is 24.3 Å². The van der Waals surface area contributed by atoms with E-state index < -0.39 is 11.6 Å². The van der Waals surface area contributed by atoms with E-state index in [4.69, 9.17) is 10.00 Å². The third-order valence-electron chi connectivity index (χ3n) is 4.42. The van der Waals surface area contributed by atoms with Crippen molar-refractivity contribution < 1.29 is 13.5 Å². The molecule has 128 valence electrons. The van der Waals surface area contributed by atoms with E-state index >= 15 is 0 Å². The molecule has 0 unspecified atom stereocenters. The van der Waals surface area contributed by atoms with Gasteiger partial charge in [0.2, 0.25) is 0 Å². The molecule has 0 radical (unpaired) electrons. The van der Waals surface area contributed by atoms with Crippen LogP contribution in [0.4, 0.5) is 8.78 Å². The van der Waals surface area contributed by atoms with Gasteiger partial charge in [0.15, 0.2) is 11.6 Å². The minimum Gasteiger partial charge on any atom is -0.374 e. The minimum absolute atomic E-state index is 0.212. The van der Waals surface area contributed by atoms with Crippen LogP contribution in [0.5, 0.6) is 0 Å². The normalized spacial score (nSPS) is 21.4. The van der Waals surface area contributed by atoms with Crippen LogP contribution in [-0.4, -0.2) is 6.10 Å². The fourth-order valence-corrected chi connectivity index (χ4v) is 3.04. The number of ether oxygens (including phenoxy) is 1. The second kappa shape index (κ2) is 10.00. The Morgan fingerprint density at radius 3 is 2.62 bits per heavy atom. The van der Waals surface area contributed by atoms with E-state index in [0.717, 1.165) is 50.5 Å². The summed E-state index contributed by atoms with van der Waals surface area (Å²) in [4.78, 5) is 0. The molecule has 0 aromatic heterocycles. The number of hydrogen-bond acceptors (Lipinski definition) is 2. The summed E-state index contributed by atoms with van der Waals surface area (Å²) < 4.78 is 31.9. The average Bonchev–Trinajstić information content (AvgIpc) is 2.60. The maximum Gasteiger partial charge on any atom is 0.159 e. The Hall–Kier alpha value is -1.99. The lowest BCUT2D eigenvalue weighted by Crippen LogP contribution is -2.21. The summed E-state index contributed by atoms with van der Waals surface area (Å²) in [5.41, 5.74) is 0.673. The van der Waals surface area contributed by atoms with Crippen LogP contribution in [0.1, 0.15) is 44.1 Å². The standard InChI is InChI=1S/C20H23F2NO/c21-19-12-9-17(14-20(19)22)15-24-18-10-7-16(8-11-18)6-4-2-1-3-5-13-23/h1-3,5,9,12,14,16,18H,4,6-8,10-11,15H2/b2-1+,5-3+/t16-,18-. The number of benzene rings is 1. The monoisotopic (exact) mass is 331 g/mol. The second-order valence-electron chi connectivity index (χ2n) is 6.20. The summed E-state index contributed by atoms with van der Waals surface area (Å²) in [5, 5.41) is 8.38. The Labute approximate surface area is 142 Å². The van der Waals surface area contributed by atoms with Crippen molar-refractivity contribution in [2.75, 3.05) is 0 Å². The number of nitriles is 1. The second-order valence-corrected chi connectivity index (χ2v) is 6.20. The molecular weight excluding hydrogens is 308 g/mol. The summed E-state index contributed by atoms with van der Waals surface area (Å²) in [5.74, 6) is -0.924. The lowest BCUT2D eigenvalue weighted by Gasteiger charge is -2.28. The van der Waals surface area contributed by atoms with Gasteiger partial charge >= 0.3 is 0 Å². The highest BCUT2D eigenvalue weighted by atomic mass is 19.2. The third kappa shape index (κ3) is 6.25. The zero-order chi connectivity index (χ0) is 17.2. The molecule has 1 aromatic carbocycles. The van der Waals surface area contributed by atoms with Gasteiger partial charge < -0.3 is 4.74 Å². The van der Waals surface area contributed by atoms with Gasteiger partial charge in [0.1, 0.15) is 0 Å². The Morgan fingerprint density at radius 2 is 1.92 bits per heavy atom. The van der Waals surface area contributed by atoms with E-state index in [2.05, 4.69) is 6.08 Å². The first-order chi connectivity index (χ1) is 11.7. The molecule has 1 aromatic rings. The summed E-state index contributed by atoms with van der Waals surface area (Å²) in [7, 11) is 0. The van der Waals surface area contributed by atoms with Gasteiger partial charge in [-0.05, 0) is 62.1 Å². The number of halogens is 2. The number of rotatable bonds is 7. The van der Waals surface area contributed by atoms with Gasteiger partial charge in [-0.15, -0.1) is 0 Å². The topological polar surface area (TPSA) is 33.0 Å². The molecule has 1 fully saturated rings. The quantitative estimate of drug-likeness (QED) is 0.491. The molecule has 1 saturated carbocycles. The van der Waals surface area contributed by atoms with Crippen molar-refractivity contribution in [3.8, 4) is 6.07 Å². The predicted octanol–water partition coefficient (Wildman–Crippen LogP) is 5.46. The molecule has 0 atom stereocenters. The Balaban J connectivity index is 1.64. The van der Waals surface area contributed by atoms with Crippen molar-refractivity contribution in [1.29, 1.82) is 5.26 Å². The van der Waals surface area contributed by atoms with E-state index in [9.17, 15) is 8.78 Å². The fraction of sp³-hybridized carbons (Fsp3) is 0.450. The molecule has 24 heavy (non-hydrogen) atoms. The number of nitrogens with zero attached hydrogens (tertiary/aromatic N) is 1. The molecule has 0 bridgehead atoms. The largest absolute Gasteiger partial charge is 0.374 e. The zero-order valence-corrected chi connectivity index (χ0v) is 13.8. The zero-order valence-electron chi connectivity index (χ0n) is 13.8. The van der Waals surface area contributed by atoms with Crippen LogP contribution >= 0.6 is 0 Å². The smallest absolute Gasteiger partial charge is 0.159 e. The van der Waals surface area contributed by atoms with Gasteiger partial charge in [0, 0.05) is 6.08 Å². The first-order valence-electron chi connectivity index (χ1n) is 8.46. The Bertz CT molecular complexity index is 611. The third-order valence-corrected chi connectivity index (χ3v) is 4.42. The van der Waals surface area contributed by atoms with Crippen LogP contribution in [0.15, 0.2) is 42.5 Å². The summed E-state index contributed by atoms with van der Waals surface area (Å²) >= 11 is 0. The highest BCUT2D eigenvalue weighted by Crippen LogP contribution is 2.30. The van der Waals surface area contributed by atoms with E-state index in [1.54, 1.807) is 12.1 Å². The van der Waals surface area contributed by atoms with Gasteiger partial charge in [-0.2, -0.15) is 5.26 Å². The lowest BCUT2D eigenvalue weighted by atomic mass is 9.84. The lowest BCUT2D eigenvalue weighted by molar-refractivity contribution is 0.00634. The van der Waals surface area contributed by atoms with Crippen molar-refractivity contribution in [3.05, 3.63) is 59.7 Å². The molecule has 0 spiro atoms. The van der Waals surface area contributed by atoms with Gasteiger partial charge in [-0.3, -0.25) is 0 Å². The fourth-order valence-electron chi connectivity index (χ4n) is 3.04.